The minimum atomic E-state index is -0.954. The van der Waals surface area contributed by atoms with Crippen LogP contribution in [0.4, 0.5) is 0 Å². The lowest BCUT2D eigenvalue weighted by Gasteiger charge is -2.33. The summed E-state index contributed by atoms with van der Waals surface area (Å²) < 4.78 is 11.0. The second-order valence-corrected chi connectivity index (χ2v) is 5.18. The number of carbonyl (C=O) groups is 2. The van der Waals surface area contributed by atoms with Crippen molar-refractivity contribution in [2.24, 2.45) is 0 Å². The number of hydrogen-bond acceptors (Lipinski definition) is 4. The molecule has 1 aromatic rings. The van der Waals surface area contributed by atoms with E-state index in [1.54, 1.807) is 18.2 Å². The Bertz CT molecular complexity index is 571. The summed E-state index contributed by atoms with van der Waals surface area (Å²) in [5, 5.41) is 9.29. The molecule has 2 aliphatic heterocycles. The van der Waals surface area contributed by atoms with Crippen molar-refractivity contribution in [1.82, 2.24) is 4.90 Å². The second kappa shape index (κ2) is 5.63. The van der Waals surface area contributed by atoms with Crippen LogP contribution in [0.3, 0.4) is 0 Å². The Hall–Kier alpha value is -2.24. The summed E-state index contributed by atoms with van der Waals surface area (Å²) in [5.74, 6) is -0.297. The predicted molar refractivity (Wildman–Crippen MR) is 73.7 cm³/mol. The smallest absolute Gasteiger partial charge is 0.326 e. The first-order valence-electron chi connectivity index (χ1n) is 7.11. The molecule has 0 radical (unpaired) electrons. The van der Waals surface area contributed by atoms with E-state index >= 15 is 0 Å². The molecule has 0 bridgehead atoms. The molecule has 112 valence electrons. The summed E-state index contributed by atoms with van der Waals surface area (Å²) in [5.41, 5.74) is 0.375. The third-order valence-corrected chi connectivity index (χ3v) is 3.85. The molecule has 0 aliphatic carbocycles. The summed E-state index contributed by atoms with van der Waals surface area (Å²) in [6.45, 7) is 1.30. The topological polar surface area (TPSA) is 76.1 Å². The molecule has 21 heavy (non-hydrogen) atoms. The molecule has 0 spiro atoms. The molecule has 0 saturated carbocycles. The number of likely N-dealkylation sites (tertiary alicyclic amines) is 1. The van der Waals surface area contributed by atoms with Crippen LogP contribution in [0.25, 0.3) is 0 Å². The lowest BCUT2D eigenvalue weighted by Crippen LogP contribution is -2.48. The van der Waals surface area contributed by atoms with Gasteiger partial charge in [0.2, 0.25) is 0 Å². The zero-order valence-electron chi connectivity index (χ0n) is 11.6. The zero-order chi connectivity index (χ0) is 14.8. The third-order valence-electron chi connectivity index (χ3n) is 3.85. The lowest BCUT2D eigenvalue weighted by atomic mass is 10.0. The number of piperidine rings is 1. The summed E-state index contributed by atoms with van der Waals surface area (Å²) in [6, 6.07) is 4.37. The van der Waals surface area contributed by atoms with Gasteiger partial charge in [0.1, 0.15) is 19.3 Å². The van der Waals surface area contributed by atoms with Crippen molar-refractivity contribution in [3.05, 3.63) is 23.8 Å². The number of carbonyl (C=O) groups excluding carboxylic acids is 1. The van der Waals surface area contributed by atoms with Crippen LogP contribution >= 0.6 is 0 Å². The number of hydrogen-bond donors (Lipinski definition) is 1. The van der Waals surface area contributed by atoms with Crippen LogP contribution in [0, 0.1) is 0 Å². The minimum Gasteiger partial charge on any atom is -0.486 e. The van der Waals surface area contributed by atoms with E-state index in [0.717, 1.165) is 12.8 Å². The zero-order valence-corrected chi connectivity index (χ0v) is 11.6. The number of rotatable bonds is 2. The fourth-order valence-electron chi connectivity index (χ4n) is 2.83. The first kappa shape index (κ1) is 13.7. The standard InChI is InChI=1S/C15H17NO5/c17-14(16-7-2-1-5-11(16)15(18)19)10-4-3-6-12-13(10)21-9-8-20-12/h3-4,6,11H,1-2,5,7-9H2,(H,18,19)/t11-/m0/s1. The highest BCUT2D eigenvalue weighted by molar-refractivity contribution is 5.99. The molecule has 1 saturated heterocycles. The van der Waals surface area contributed by atoms with Gasteiger partial charge in [-0.3, -0.25) is 4.79 Å². The van der Waals surface area contributed by atoms with Gasteiger partial charge in [-0.25, -0.2) is 4.79 Å². The van der Waals surface area contributed by atoms with E-state index in [-0.39, 0.29) is 5.91 Å². The van der Waals surface area contributed by atoms with Gasteiger partial charge in [-0.15, -0.1) is 0 Å². The van der Waals surface area contributed by atoms with Gasteiger partial charge in [-0.2, -0.15) is 0 Å². The number of carboxylic acid groups (broad SMARTS) is 1. The number of nitrogens with zero attached hydrogens (tertiary/aromatic N) is 1. The van der Waals surface area contributed by atoms with Gasteiger partial charge in [0.05, 0.1) is 5.56 Å². The van der Waals surface area contributed by atoms with Gasteiger partial charge < -0.3 is 19.5 Å². The number of benzene rings is 1. The van der Waals surface area contributed by atoms with E-state index in [1.165, 1.54) is 4.90 Å². The fourth-order valence-corrected chi connectivity index (χ4v) is 2.83. The molecule has 0 aromatic heterocycles. The Kier molecular flexibility index (Phi) is 3.68. The van der Waals surface area contributed by atoms with Crippen molar-refractivity contribution < 1.29 is 24.2 Å². The fraction of sp³-hybridized carbons (Fsp3) is 0.467. The maximum Gasteiger partial charge on any atom is 0.326 e. The number of amides is 1. The van der Waals surface area contributed by atoms with Gasteiger partial charge in [0, 0.05) is 6.54 Å². The molecule has 1 fully saturated rings. The van der Waals surface area contributed by atoms with Crippen LogP contribution in [0.15, 0.2) is 18.2 Å². The summed E-state index contributed by atoms with van der Waals surface area (Å²) in [4.78, 5) is 25.5. The lowest BCUT2D eigenvalue weighted by molar-refractivity contribution is -0.143. The maximum absolute atomic E-state index is 12.7. The Labute approximate surface area is 122 Å². The normalized spacial score (nSPS) is 21.0. The van der Waals surface area contributed by atoms with E-state index in [9.17, 15) is 14.7 Å². The van der Waals surface area contributed by atoms with Crippen molar-refractivity contribution in [3.8, 4) is 11.5 Å². The highest BCUT2D eigenvalue weighted by Gasteiger charge is 2.34. The van der Waals surface area contributed by atoms with Crippen LogP contribution in [0.2, 0.25) is 0 Å². The molecule has 1 amide bonds. The molecule has 1 aromatic carbocycles. The van der Waals surface area contributed by atoms with Gasteiger partial charge in [0.15, 0.2) is 11.5 Å². The van der Waals surface area contributed by atoms with E-state index in [2.05, 4.69) is 0 Å². The van der Waals surface area contributed by atoms with Crippen LogP contribution in [0.5, 0.6) is 11.5 Å². The summed E-state index contributed by atoms with van der Waals surface area (Å²) in [6.07, 6.45) is 2.14. The molecule has 1 atom stereocenters. The molecular weight excluding hydrogens is 274 g/mol. The first-order valence-corrected chi connectivity index (χ1v) is 7.11. The largest absolute Gasteiger partial charge is 0.486 e. The summed E-state index contributed by atoms with van der Waals surface area (Å²) in [7, 11) is 0. The Balaban J connectivity index is 1.92. The molecule has 6 nitrogen and oxygen atoms in total. The van der Waals surface area contributed by atoms with E-state index in [1.807, 2.05) is 0 Å². The Morgan fingerprint density at radius 2 is 2.00 bits per heavy atom. The molecule has 1 N–H and O–H groups in total. The van der Waals surface area contributed by atoms with E-state index in [0.29, 0.717) is 43.2 Å². The van der Waals surface area contributed by atoms with Crippen LogP contribution in [-0.2, 0) is 4.79 Å². The van der Waals surface area contributed by atoms with Crippen molar-refractivity contribution in [2.45, 2.75) is 25.3 Å². The van der Waals surface area contributed by atoms with E-state index < -0.39 is 12.0 Å². The van der Waals surface area contributed by atoms with Crippen LogP contribution in [-0.4, -0.2) is 47.7 Å². The van der Waals surface area contributed by atoms with Crippen molar-refractivity contribution in [3.63, 3.8) is 0 Å². The van der Waals surface area contributed by atoms with Gasteiger partial charge in [-0.05, 0) is 31.4 Å². The average molecular weight is 291 g/mol. The Morgan fingerprint density at radius 1 is 1.19 bits per heavy atom. The highest BCUT2D eigenvalue weighted by Crippen LogP contribution is 2.35. The van der Waals surface area contributed by atoms with Crippen molar-refractivity contribution >= 4 is 11.9 Å². The number of ether oxygens (including phenoxy) is 2. The molecule has 2 heterocycles. The molecule has 0 unspecified atom stereocenters. The number of para-hydroxylation sites is 1. The average Bonchev–Trinajstić information content (AvgIpc) is 2.53. The van der Waals surface area contributed by atoms with Crippen LogP contribution in [0.1, 0.15) is 29.6 Å². The number of fused-ring (bicyclic) bond motifs is 1. The Morgan fingerprint density at radius 3 is 2.81 bits per heavy atom. The van der Waals surface area contributed by atoms with Crippen molar-refractivity contribution in [2.75, 3.05) is 19.8 Å². The number of aliphatic carboxylic acids is 1. The SMILES string of the molecule is O=C(O)[C@@H]1CCCCN1C(=O)c1cccc2c1OCCO2. The first-order chi connectivity index (χ1) is 10.2. The highest BCUT2D eigenvalue weighted by atomic mass is 16.6. The second-order valence-electron chi connectivity index (χ2n) is 5.18. The van der Waals surface area contributed by atoms with Gasteiger partial charge in [0.25, 0.3) is 5.91 Å². The van der Waals surface area contributed by atoms with E-state index in [4.69, 9.17) is 9.47 Å². The summed E-state index contributed by atoms with van der Waals surface area (Å²) >= 11 is 0. The van der Waals surface area contributed by atoms with Crippen molar-refractivity contribution in [1.29, 1.82) is 0 Å². The molecule has 6 heteroatoms. The quantitative estimate of drug-likeness (QED) is 0.894. The van der Waals surface area contributed by atoms with Gasteiger partial charge in [-0.1, -0.05) is 6.07 Å². The maximum atomic E-state index is 12.7. The monoisotopic (exact) mass is 291 g/mol. The number of carboxylic acids is 1. The molecule has 3 rings (SSSR count). The third kappa shape index (κ3) is 2.53. The predicted octanol–water partition coefficient (Wildman–Crippen LogP) is 1.54. The molecule has 2 aliphatic rings. The minimum absolute atomic E-state index is 0.301. The van der Waals surface area contributed by atoms with Gasteiger partial charge >= 0.3 is 5.97 Å². The van der Waals surface area contributed by atoms with Crippen LogP contribution < -0.4 is 9.47 Å². The molecular formula is C15H17NO5.